The van der Waals surface area contributed by atoms with Crippen LogP contribution in [0.4, 0.5) is 0 Å². The van der Waals surface area contributed by atoms with E-state index in [1.165, 1.54) is 10.8 Å². The Hall–Kier alpha value is -1.09. The molecule has 0 aliphatic rings. The van der Waals surface area contributed by atoms with Gasteiger partial charge in [-0.05, 0) is 18.2 Å². The van der Waals surface area contributed by atoms with E-state index in [1.54, 1.807) is 0 Å². The fourth-order valence-corrected chi connectivity index (χ4v) is 2.94. The van der Waals surface area contributed by atoms with Crippen molar-refractivity contribution in [3.05, 3.63) is 30.5 Å². The van der Waals surface area contributed by atoms with Crippen LogP contribution in [0.3, 0.4) is 0 Å². The molecule has 2 heterocycles. The van der Waals surface area contributed by atoms with Crippen LogP contribution in [0, 0.1) is 0 Å². The first-order valence-electron chi connectivity index (χ1n) is 4.52. The molecule has 0 N–H and O–H groups in total. The minimum atomic E-state index is -1.26. The van der Waals surface area contributed by atoms with Crippen molar-refractivity contribution in [2.24, 2.45) is 0 Å². The van der Waals surface area contributed by atoms with E-state index >= 15 is 0 Å². The smallest absolute Gasteiger partial charge is 0.101 e. The summed E-state index contributed by atoms with van der Waals surface area (Å²) in [5.74, 6) is 0. The maximum atomic E-state index is 4.34. The van der Waals surface area contributed by atoms with Gasteiger partial charge in [0.25, 0.3) is 0 Å². The molecule has 0 aromatic carbocycles. The quantitative estimate of drug-likeness (QED) is 0.628. The first-order valence-corrected chi connectivity index (χ1v) is 8.02. The number of aromatic nitrogens is 2. The first kappa shape index (κ1) is 8.50. The number of hydrogen-bond donors (Lipinski definition) is 0. The van der Waals surface area contributed by atoms with Crippen LogP contribution >= 0.6 is 0 Å². The molecule has 2 nitrogen and oxygen atoms in total. The van der Waals surface area contributed by atoms with Crippen molar-refractivity contribution in [1.82, 2.24) is 9.61 Å². The van der Waals surface area contributed by atoms with Crippen LogP contribution in [-0.2, 0) is 0 Å². The maximum Gasteiger partial charge on any atom is 0.101 e. The molecule has 68 valence electrons. The van der Waals surface area contributed by atoms with Gasteiger partial charge in [0.1, 0.15) is 8.07 Å². The van der Waals surface area contributed by atoms with Gasteiger partial charge in [-0.2, -0.15) is 5.10 Å². The van der Waals surface area contributed by atoms with Gasteiger partial charge in [-0.1, -0.05) is 25.7 Å². The summed E-state index contributed by atoms with van der Waals surface area (Å²) in [6.45, 7) is 7.01. The standard InChI is InChI=1S/C10H14N2Si/c1-13(2,3)10-6-4-5-9-7-8-11-12(9)10/h4-8H,1-3H3. The molecule has 0 atom stereocenters. The molecule has 0 amide bonds. The lowest BCUT2D eigenvalue weighted by Gasteiger charge is -2.17. The number of nitrogens with zero attached hydrogens (tertiary/aromatic N) is 2. The van der Waals surface area contributed by atoms with Crippen LogP contribution in [0.5, 0.6) is 0 Å². The topological polar surface area (TPSA) is 17.3 Å². The second-order valence-corrected chi connectivity index (χ2v) is 9.34. The minimum Gasteiger partial charge on any atom is -0.242 e. The Balaban J connectivity index is 2.75. The third-order valence-corrected chi connectivity index (χ3v) is 4.11. The van der Waals surface area contributed by atoms with E-state index in [2.05, 4.69) is 47.5 Å². The van der Waals surface area contributed by atoms with Gasteiger partial charge in [-0.25, -0.2) is 4.52 Å². The predicted octanol–water partition coefficient (Wildman–Crippen LogP) is 1.88. The molecule has 0 saturated heterocycles. The molecular formula is C10H14N2Si. The van der Waals surface area contributed by atoms with Gasteiger partial charge < -0.3 is 0 Å². The Bertz CT molecular complexity index is 426. The Morgan fingerprint density at radius 1 is 1.15 bits per heavy atom. The summed E-state index contributed by atoms with van der Waals surface area (Å²) < 4.78 is 2.06. The summed E-state index contributed by atoms with van der Waals surface area (Å²) in [5.41, 5.74) is 1.19. The maximum absolute atomic E-state index is 4.34. The molecule has 2 aromatic heterocycles. The van der Waals surface area contributed by atoms with Crippen LogP contribution in [0.1, 0.15) is 0 Å². The Morgan fingerprint density at radius 3 is 2.62 bits per heavy atom. The van der Waals surface area contributed by atoms with E-state index in [0.717, 1.165) is 0 Å². The van der Waals surface area contributed by atoms with E-state index in [1.807, 2.05) is 12.3 Å². The highest BCUT2D eigenvalue weighted by Crippen LogP contribution is 2.05. The van der Waals surface area contributed by atoms with E-state index in [9.17, 15) is 0 Å². The van der Waals surface area contributed by atoms with Crippen LogP contribution in [-0.4, -0.2) is 17.7 Å². The average Bonchev–Trinajstić information content (AvgIpc) is 2.48. The molecule has 0 aliphatic carbocycles. The third-order valence-electron chi connectivity index (χ3n) is 2.19. The summed E-state index contributed by atoms with van der Waals surface area (Å²) >= 11 is 0. The SMILES string of the molecule is C[Si](C)(C)c1cccc2ccnn12. The van der Waals surface area contributed by atoms with Crippen molar-refractivity contribution in [1.29, 1.82) is 0 Å². The van der Waals surface area contributed by atoms with E-state index in [-0.39, 0.29) is 0 Å². The summed E-state index contributed by atoms with van der Waals surface area (Å²) in [6.07, 6.45) is 1.86. The van der Waals surface area contributed by atoms with Gasteiger partial charge in [-0.3, -0.25) is 0 Å². The first-order chi connectivity index (χ1) is 6.09. The molecule has 0 saturated carbocycles. The lowest BCUT2D eigenvalue weighted by molar-refractivity contribution is 0.985. The lowest BCUT2D eigenvalue weighted by atomic mass is 10.4. The van der Waals surface area contributed by atoms with Gasteiger partial charge in [0.2, 0.25) is 0 Å². The number of fused-ring (bicyclic) bond motifs is 1. The largest absolute Gasteiger partial charge is 0.242 e. The van der Waals surface area contributed by atoms with Crippen molar-refractivity contribution >= 4 is 18.9 Å². The molecule has 0 unspecified atom stereocenters. The zero-order chi connectivity index (χ0) is 9.47. The fourth-order valence-electron chi connectivity index (χ4n) is 1.52. The summed E-state index contributed by atoms with van der Waals surface area (Å²) in [4.78, 5) is 0. The zero-order valence-electron chi connectivity index (χ0n) is 8.28. The van der Waals surface area contributed by atoms with Crippen molar-refractivity contribution in [2.45, 2.75) is 19.6 Å². The van der Waals surface area contributed by atoms with Crippen molar-refractivity contribution < 1.29 is 0 Å². The average molecular weight is 190 g/mol. The van der Waals surface area contributed by atoms with Crippen molar-refractivity contribution in [3.8, 4) is 0 Å². The molecule has 2 rings (SSSR count). The van der Waals surface area contributed by atoms with Gasteiger partial charge in [0.05, 0.1) is 5.52 Å². The van der Waals surface area contributed by atoms with Gasteiger partial charge in [0.15, 0.2) is 0 Å². The van der Waals surface area contributed by atoms with Gasteiger partial charge in [-0.15, -0.1) is 0 Å². The summed E-state index contributed by atoms with van der Waals surface area (Å²) in [7, 11) is -1.26. The van der Waals surface area contributed by atoms with E-state index in [0.29, 0.717) is 0 Å². The van der Waals surface area contributed by atoms with Crippen LogP contribution < -0.4 is 5.32 Å². The highest BCUT2D eigenvalue weighted by molar-refractivity contribution is 6.88. The lowest BCUT2D eigenvalue weighted by Crippen LogP contribution is -2.42. The number of pyridine rings is 1. The van der Waals surface area contributed by atoms with Crippen molar-refractivity contribution in [2.75, 3.05) is 0 Å². The van der Waals surface area contributed by atoms with E-state index in [4.69, 9.17) is 0 Å². The zero-order valence-corrected chi connectivity index (χ0v) is 9.28. The Kier molecular flexibility index (Phi) is 1.77. The van der Waals surface area contributed by atoms with Gasteiger partial charge >= 0.3 is 0 Å². The fraction of sp³-hybridized carbons (Fsp3) is 0.300. The highest BCUT2D eigenvalue weighted by Gasteiger charge is 2.19. The van der Waals surface area contributed by atoms with Crippen molar-refractivity contribution in [3.63, 3.8) is 0 Å². The second-order valence-electron chi connectivity index (χ2n) is 4.33. The van der Waals surface area contributed by atoms with Crippen LogP contribution in [0.15, 0.2) is 30.5 Å². The molecule has 3 heteroatoms. The minimum absolute atomic E-state index is 1.19. The molecule has 0 spiro atoms. The molecule has 2 aromatic rings. The van der Waals surface area contributed by atoms with Crippen LogP contribution in [0.2, 0.25) is 19.6 Å². The second kappa shape index (κ2) is 2.70. The van der Waals surface area contributed by atoms with E-state index < -0.39 is 8.07 Å². The Labute approximate surface area is 79.2 Å². The molecule has 0 aliphatic heterocycles. The summed E-state index contributed by atoms with van der Waals surface area (Å²) in [6, 6.07) is 8.44. The van der Waals surface area contributed by atoms with Crippen LogP contribution in [0.25, 0.3) is 5.52 Å². The molecule has 0 bridgehead atoms. The monoisotopic (exact) mass is 190 g/mol. The molecule has 0 fully saturated rings. The predicted molar refractivity (Wildman–Crippen MR) is 58.2 cm³/mol. The molecule has 0 radical (unpaired) electrons. The number of rotatable bonds is 1. The molecular weight excluding hydrogens is 176 g/mol. The normalized spacial score (nSPS) is 12.2. The Morgan fingerprint density at radius 2 is 1.92 bits per heavy atom. The molecule has 13 heavy (non-hydrogen) atoms. The number of hydrogen-bond acceptors (Lipinski definition) is 1. The summed E-state index contributed by atoms with van der Waals surface area (Å²) in [5, 5.41) is 5.72. The third kappa shape index (κ3) is 1.39. The highest BCUT2D eigenvalue weighted by atomic mass is 28.3. The van der Waals surface area contributed by atoms with Gasteiger partial charge in [0, 0.05) is 11.5 Å².